The second-order valence-corrected chi connectivity index (χ2v) is 10.5. The summed E-state index contributed by atoms with van der Waals surface area (Å²) in [6, 6.07) is 30.4. The molecule has 202 valence electrons. The van der Waals surface area contributed by atoms with Crippen molar-refractivity contribution in [3.05, 3.63) is 102 Å². The molecule has 3 aromatic rings. The molecule has 0 amide bonds. The summed E-state index contributed by atoms with van der Waals surface area (Å²) in [5.74, 6) is 1.55. The SMILES string of the molecule is CCOC(=O)C[N+]12CCC(CC1)[C@H](NCc1ccccc1OC)[C@@H]2C(c1ccccc1)c1ccccc1.[Br-]. The van der Waals surface area contributed by atoms with Gasteiger partial charge in [0.05, 0.1) is 38.8 Å². The molecule has 0 aliphatic carbocycles. The molecule has 0 unspecified atom stereocenters. The highest BCUT2D eigenvalue weighted by Crippen LogP contribution is 2.46. The zero-order valence-electron chi connectivity index (χ0n) is 22.4. The molecule has 3 heterocycles. The number of hydrogen-bond acceptors (Lipinski definition) is 4. The Hall–Kier alpha value is -2.67. The lowest BCUT2D eigenvalue weighted by Crippen LogP contribution is -3.00. The number of quaternary nitrogens is 1. The van der Waals surface area contributed by atoms with Crippen LogP contribution in [0.2, 0.25) is 0 Å². The Balaban J connectivity index is 0.00000336. The van der Waals surface area contributed by atoms with Crippen molar-refractivity contribution in [1.29, 1.82) is 0 Å². The molecule has 38 heavy (non-hydrogen) atoms. The quantitative estimate of drug-likeness (QED) is 0.296. The average Bonchev–Trinajstić information content (AvgIpc) is 2.94. The number of fused-ring (bicyclic) bond motifs is 3. The number of rotatable bonds is 10. The van der Waals surface area contributed by atoms with E-state index in [0.717, 1.165) is 48.3 Å². The van der Waals surface area contributed by atoms with Crippen molar-refractivity contribution in [2.45, 2.75) is 44.3 Å². The molecule has 3 aromatic carbocycles. The summed E-state index contributed by atoms with van der Waals surface area (Å²) in [6.07, 6.45) is 2.24. The molecule has 2 bridgehead atoms. The maximum atomic E-state index is 13.0. The van der Waals surface area contributed by atoms with Crippen molar-refractivity contribution in [3.8, 4) is 5.75 Å². The molecule has 0 saturated carbocycles. The van der Waals surface area contributed by atoms with Gasteiger partial charge in [-0.1, -0.05) is 78.9 Å². The largest absolute Gasteiger partial charge is 1.00 e. The van der Waals surface area contributed by atoms with Crippen LogP contribution < -0.4 is 27.0 Å². The maximum Gasteiger partial charge on any atom is 0.361 e. The van der Waals surface area contributed by atoms with E-state index in [9.17, 15) is 4.79 Å². The van der Waals surface area contributed by atoms with E-state index >= 15 is 0 Å². The van der Waals surface area contributed by atoms with Gasteiger partial charge in [-0.2, -0.15) is 0 Å². The number of nitrogens with zero attached hydrogens (tertiary/aromatic N) is 1. The van der Waals surface area contributed by atoms with Crippen LogP contribution in [0.5, 0.6) is 5.75 Å². The smallest absolute Gasteiger partial charge is 0.361 e. The molecular formula is C32H39BrN2O3. The minimum absolute atomic E-state index is 0. The van der Waals surface area contributed by atoms with Gasteiger partial charge >= 0.3 is 5.97 Å². The minimum atomic E-state index is -0.0869. The van der Waals surface area contributed by atoms with Gasteiger partial charge in [0.15, 0.2) is 6.54 Å². The predicted octanol–water partition coefficient (Wildman–Crippen LogP) is 2.16. The molecule has 6 heteroatoms. The van der Waals surface area contributed by atoms with E-state index in [4.69, 9.17) is 9.47 Å². The van der Waals surface area contributed by atoms with Crippen LogP contribution in [0.25, 0.3) is 0 Å². The number of carbonyl (C=O) groups excluding carboxylic acids is 1. The summed E-state index contributed by atoms with van der Waals surface area (Å²) < 4.78 is 12.0. The fraction of sp³-hybridized carbons (Fsp3) is 0.406. The summed E-state index contributed by atoms with van der Waals surface area (Å²) in [5, 5.41) is 4.00. The Bertz CT molecular complexity index is 1130. The molecule has 6 rings (SSSR count). The Morgan fingerprint density at radius 1 is 0.921 bits per heavy atom. The van der Waals surface area contributed by atoms with Crippen LogP contribution >= 0.6 is 0 Å². The van der Waals surface area contributed by atoms with Crippen LogP contribution in [-0.2, 0) is 16.1 Å². The Labute approximate surface area is 237 Å². The number of nitrogens with one attached hydrogen (secondary N) is 1. The molecule has 0 spiro atoms. The summed E-state index contributed by atoms with van der Waals surface area (Å²) in [5.41, 5.74) is 3.77. The molecule has 0 radical (unpaired) electrons. The van der Waals surface area contributed by atoms with Gasteiger partial charge in [-0.25, -0.2) is 4.79 Å². The Morgan fingerprint density at radius 2 is 1.50 bits per heavy atom. The van der Waals surface area contributed by atoms with Crippen LogP contribution in [0.3, 0.4) is 0 Å². The number of carbonyl (C=O) groups is 1. The van der Waals surface area contributed by atoms with Gasteiger partial charge in [-0.05, 0) is 30.0 Å². The number of para-hydroxylation sites is 1. The fourth-order valence-corrected chi connectivity index (χ4v) is 6.90. The zero-order chi connectivity index (χ0) is 25.7. The lowest BCUT2D eigenvalue weighted by atomic mass is 9.68. The predicted molar refractivity (Wildman–Crippen MR) is 146 cm³/mol. The monoisotopic (exact) mass is 578 g/mol. The summed E-state index contributed by atoms with van der Waals surface area (Å²) in [7, 11) is 1.73. The van der Waals surface area contributed by atoms with Crippen molar-refractivity contribution in [2.24, 2.45) is 5.92 Å². The number of methoxy groups -OCH3 is 1. The van der Waals surface area contributed by atoms with E-state index in [1.54, 1.807) is 7.11 Å². The third-order valence-electron chi connectivity index (χ3n) is 8.53. The number of esters is 1. The highest BCUT2D eigenvalue weighted by Gasteiger charge is 2.57. The van der Waals surface area contributed by atoms with Crippen LogP contribution in [0.1, 0.15) is 42.4 Å². The van der Waals surface area contributed by atoms with Crippen molar-refractivity contribution in [1.82, 2.24) is 5.32 Å². The Morgan fingerprint density at radius 3 is 2.08 bits per heavy atom. The van der Waals surface area contributed by atoms with Gasteiger partial charge in [0.2, 0.25) is 0 Å². The Kier molecular flexibility index (Phi) is 9.64. The standard InChI is InChI=1S/C32H39N2O3.BrH/c1-3-37-29(35)23-34-20-18-26(19-21-34)31(33-22-27-16-10-11-17-28(27)36-2)32(34)30(24-12-6-4-7-13-24)25-14-8-5-9-15-25;/h4-17,26,30-33H,3,18-23H2,1-2H3;1H/q+1;/p-1/t26?,31-,32-,34?;/m0./s1. The third kappa shape index (κ3) is 5.83. The number of halogens is 1. The molecule has 3 saturated heterocycles. The average molecular weight is 580 g/mol. The zero-order valence-corrected chi connectivity index (χ0v) is 24.0. The van der Waals surface area contributed by atoms with E-state index in [-0.39, 0.29) is 41.0 Å². The van der Waals surface area contributed by atoms with Gasteiger partial charge in [0.1, 0.15) is 11.8 Å². The molecule has 3 fully saturated rings. The summed E-state index contributed by atoms with van der Waals surface area (Å²) in [6.45, 7) is 5.49. The number of benzene rings is 3. The molecule has 3 aliphatic heterocycles. The first-order valence-electron chi connectivity index (χ1n) is 13.6. The van der Waals surface area contributed by atoms with Crippen molar-refractivity contribution in [3.63, 3.8) is 0 Å². The lowest BCUT2D eigenvalue weighted by Gasteiger charge is -2.59. The van der Waals surface area contributed by atoms with E-state index in [0.29, 0.717) is 19.1 Å². The molecular weight excluding hydrogens is 540 g/mol. The van der Waals surface area contributed by atoms with Crippen LogP contribution in [0.4, 0.5) is 0 Å². The highest BCUT2D eigenvalue weighted by atomic mass is 79.9. The van der Waals surface area contributed by atoms with Gasteiger partial charge in [0, 0.05) is 24.9 Å². The van der Waals surface area contributed by atoms with Crippen molar-refractivity contribution < 1.29 is 35.7 Å². The van der Waals surface area contributed by atoms with Crippen LogP contribution in [-0.4, -0.2) is 55.9 Å². The summed E-state index contributed by atoms with van der Waals surface area (Å²) in [4.78, 5) is 13.0. The first-order valence-corrected chi connectivity index (χ1v) is 13.6. The maximum absolute atomic E-state index is 13.0. The van der Waals surface area contributed by atoms with Gasteiger partial charge < -0.3 is 36.3 Å². The fourth-order valence-electron chi connectivity index (χ4n) is 6.90. The topological polar surface area (TPSA) is 47.6 Å². The number of ether oxygens (including phenoxy) is 2. The normalized spacial score (nSPS) is 24.0. The van der Waals surface area contributed by atoms with Gasteiger partial charge in [-0.3, -0.25) is 0 Å². The van der Waals surface area contributed by atoms with E-state index < -0.39 is 0 Å². The van der Waals surface area contributed by atoms with Crippen molar-refractivity contribution in [2.75, 3.05) is 33.4 Å². The molecule has 3 aliphatic rings. The van der Waals surface area contributed by atoms with Crippen LogP contribution in [0, 0.1) is 5.92 Å². The van der Waals surface area contributed by atoms with E-state index in [1.165, 1.54) is 11.1 Å². The minimum Gasteiger partial charge on any atom is -1.00 e. The molecule has 5 nitrogen and oxygen atoms in total. The van der Waals surface area contributed by atoms with E-state index in [2.05, 4.69) is 78.1 Å². The highest BCUT2D eigenvalue weighted by molar-refractivity contribution is 5.70. The molecule has 0 aromatic heterocycles. The van der Waals surface area contributed by atoms with Crippen molar-refractivity contribution >= 4 is 5.97 Å². The first kappa shape index (κ1) is 28.3. The first-order chi connectivity index (χ1) is 18.1. The lowest BCUT2D eigenvalue weighted by molar-refractivity contribution is -0.962. The number of piperidine rings is 3. The third-order valence-corrected chi connectivity index (χ3v) is 8.53. The molecule has 2 atom stereocenters. The van der Waals surface area contributed by atoms with Gasteiger partial charge in [-0.15, -0.1) is 0 Å². The van der Waals surface area contributed by atoms with E-state index in [1.807, 2.05) is 19.1 Å². The number of hydrogen-bond donors (Lipinski definition) is 1. The second-order valence-electron chi connectivity index (χ2n) is 10.5. The summed E-state index contributed by atoms with van der Waals surface area (Å²) >= 11 is 0. The molecule has 1 N–H and O–H groups in total. The van der Waals surface area contributed by atoms with Crippen LogP contribution in [0.15, 0.2) is 84.9 Å². The van der Waals surface area contributed by atoms with Gasteiger partial charge in [0.25, 0.3) is 0 Å². The second kappa shape index (κ2) is 12.9.